The van der Waals surface area contributed by atoms with Crippen molar-refractivity contribution >= 4 is 21.7 Å². The van der Waals surface area contributed by atoms with Crippen LogP contribution in [-0.2, 0) is 16.6 Å². The Kier molecular flexibility index (Phi) is 3.94. The van der Waals surface area contributed by atoms with Crippen molar-refractivity contribution in [2.75, 3.05) is 4.72 Å². The number of imidazole rings is 1. The van der Waals surface area contributed by atoms with Crippen LogP contribution in [0.15, 0.2) is 35.7 Å². The third-order valence-electron chi connectivity index (χ3n) is 2.71. The summed E-state index contributed by atoms with van der Waals surface area (Å²) in [6.45, 7) is 2.34. The number of aryl methyl sites for hydroxylation is 1. The van der Waals surface area contributed by atoms with Crippen LogP contribution in [0.4, 0.5) is 10.1 Å². The first kappa shape index (κ1) is 15.0. The van der Waals surface area contributed by atoms with Crippen LogP contribution >= 0.6 is 0 Å². The molecule has 21 heavy (non-hydrogen) atoms. The molecule has 0 aliphatic heterocycles. The number of nitrogens with one attached hydrogen (secondary N) is 1. The number of rotatable bonds is 5. The van der Waals surface area contributed by atoms with Gasteiger partial charge in [0.1, 0.15) is 5.82 Å². The highest BCUT2D eigenvalue weighted by atomic mass is 32.2. The average Bonchev–Trinajstić information content (AvgIpc) is 2.87. The van der Waals surface area contributed by atoms with E-state index in [0.717, 1.165) is 18.2 Å². The average molecular weight is 313 g/mol. The zero-order valence-corrected chi connectivity index (χ0v) is 11.8. The molecule has 2 aromatic rings. The summed E-state index contributed by atoms with van der Waals surface area (Å²) in [4.78, 5) is 14.8. The van der Waals surface area contributed by atoms with E-state index < -0.39 is 21.8 Å². The highest BCUT2D eigenvalue weighted by Gasteiger charge is 2.21. The van der Waals surface area contributed by atoms with Crippen molar-refractivity contribution in [3.63, 3.8) is 0 Å². The fourth-order valence-corrected chi connectivity index (χ4v) is 2.66. The zero-order valence-electron chi connectivity index (χ0n) is 10.9. The van der Waals surface area contributed by atoms with Crippen LogP contribution in [-0.4, -0.2) is 29.0 Å². The molecule has 0 atom stereocenters. The van der Waals surface area contributed by atoms with Gasteiger partial charge in [-0.05, 0) is 25.1 Å². The van der Waals surface area contributed by atoms with Crippen molar-refractivity contribution in [3.8, 4) is 0 Å². The molecular weight excluding hydrogens is 301 g/mol. The number of benzene rings is 1. The summed E-state index contributed by atoms with van der Waals surface area (Å²) < 4.78 is 41.0. The first-order valence-electron chi connectivity index (χ1n) is 5.91. The van der Waals surface area contributed by atoms with Gasteiger partial charge in [-0.25, -0.2) is 14.2 Å². The van der Waals surface area contributed by atoms with E-state index in [1.807, 2.05) is 4.72 Å². The number of anilines is 1. The highest BCUT2D eigenvalue weighted by molar-refractivity contribution is 7.92. The molecule has 0 radical (unpaired) electrons. The van der Waals surface area contributed by atoms with Crippen LogP contribution in [0, 0.1) is 5.82 Å². The van der Waals surface area contributed by atoms with Gasteiger partial charge in [0.05, 0.1) is 17.6 Å². The highest BCUT2D eigenvalue weighted by Crippen LogP contribution is 2.21. The standard InChI is InChI=1S/C12H12FN3O4S/c1-2-16-6-11(14-7-16)21(19,20)15-10-5-8(13)3-4-9(10)12(17)18/h3-7,15H,2H2,1H3,(H,17,18). The van der Waals surface area contributed by atoms with Crippen molar-refractivity contribution in [1.82, 2.24) is 9.55 Å². The summed E-state index contributed by atoms with van der Waals surface area (Å²) in [7, 11) is -4.09. The van der Waals surface area contributed by atoms with Gasteiger partial charge in [0.2, 0.25) is 0 Å². The second kappa shape index (κ2) is 5.52. The summed E-state index contributed by atoms with van der Waals surface area (Å²) in [5, 5.41) is 8.72. The number of carboxylic acid groups (broad SMARTS) is 1. The Balaban J connectivity index is 2.41. The predicted molar refractivity (Wildman–Crippen MR) is 72.1 cm³/mol. The van der Waals surface area contributed by atoms with Crippen LogP contribution in [0.1, 0.15) is 17.3 Å². The Labute approximate surface area is 120 Å². The van der Waals surface area contributed by atoms with Crippen LogP contribution in [0.5, 0.6) is 0 Å². The van der Waals surface area contributed by atoms with Crippen LogP contribution in [0.3, 0.4) is 0 Å². The summed E-state index contributed by atoms with van der Waals surface area (Å²) >= 11 is 0. The molecule has 9 heteroatoms. The second-order valence-electron chi connectivity index (χ2n) is 4.14. The maximum absolute atomic E-state index is 13.2. The molecule has 112 valence electrons. The summed E-state index contributed by atoms with van der Waals surface area (Å²) in [6.07, 6.45) is 2.63. The van der Waals surface area contributed by atoms with Gasteiger partial charge in [0, 0.05) is 12.7 Å². The van der Waals surface area contributed by atoms with Gasteiger partial charge < -0.3 is 9.67 Å². The molecule has 0 saturated carbocycles. The van der Waals surface area contributed by atoms with E-state index >= 15 is 0 Å². The Bertz CT molecular complexity index is 786. The van der Waals surface area contributed by atoms with Crippen molar-refractivity contribution in [2.24, 2.45) is 0 Å². The quantitative estimate of drug-likeness (QED) is 0.872. The summed E-state index contributed by atoms with van der Waals surface area (Å²) in [6, 6.07) is 2.73. The molecule has 0 fully saturated rings. The van der Waals surface area contributed by atoms with Crippen molar-refractivity contribution in [1.29, 1.82) is 0 Å². The lowest BCUT2D eigenvalue weighted by molar-refractivity contribution is 0.0698. The fraction of sp³-hybridized carbons (Fsp3) is 0.167. The van der Waals surface area contributed by atoms with E-state index in [2.05, 4.69) is 4.98 Å². The Morgan fingerprint density at radius 2 is 2.19 bits per heavy atom. The number of nitrogens with zero attached hydrogens (tertiary/aromatic N) is 2. The fourth-order valence-electron chi connectivity index (χ4n) is 1.64. The second-order valence-corrected chi connectivity index (χ2v) is 5.77. The van der Waals surface area contributed by atoms with E-state index in [1.54, 1.807) is 6.92 Å². The van der Waals surface area contributed by atoms with E-state index in [4.69, 9.17) is 5.11 Å². The first-order valence-corrected chi connectivity index (χ1v) is 7.39. The Morgan fingerprint density at radius 1 is 1.48 bits per heavy atom. The third-order valence-corrected chi connectivity index (χ3v) is 3.96. The van der Waals surface area contributed by atoms with Gasteiger partial charge in [0.25, 0.3) is 10.0 Å². The molecule has 7 nitrogen and oxygen atoms in total. The number of hydrogen-bond donors (Lipinski definition) is 2. The normalized spacial score (nSPS) is 11.3. The molecule has 0 unspecified atom stereocenters. The number of carboxylic acids is 1. The van der Waals surface area contributed by atoms with E-state index in [0.29, 0.717) is 6.54 Å². The molecule has 0 saturated heterocycles. The molecule has 2 rings (SSSR count). The van der Waals surface area contributed by atoms with Crippen molar-refractivity contribution in [3.05, 3.63) is 42.1 Å². The van der Waals surface area contributed by atoms with Crippen molar-refractivity contribution < 1.29 is 22.7 Å². The smallest absolute Gasteiger partial charge is 0.337 e. The maximum Gasteiger partial charge on any atom is 0.337 e. The van der Waals surface area contributed by atoms with Crippen molar-refractivity contribution in [2.45, 2.75) is 18.5 Å². The van der Waals surface area contributed by atoms with Gasteiger partial charge in [-0.2, -0.15) is 8.42 Å². The lowest BCUT2D eigenvalue weighted by atomic mass is 10.2. The molecule has 0 aliphatic carbocycles. The van der Waals surface area contributed by atoms with Crippen LogP contribution in [0.2, 0.25) is 0 Å². The lowest BCUT2D eigenvalue weighted by Crippen LogP contribution is -2.16. The number of hydrogen-bond acceptors (Lipinski definition) is 4. The number of sulfonamides is 1. The molecule has 2 N–H and O–H groups in total. The predicted octanol–water partition coefficient (Wildman–Crippen LogP) is 1.54. The number of aromatic nitrogens is 2. The topological polar surface area (TPSA) is 101 Å². The molecule has 1 aromatic carbocycles. The summed E-state index contributed by atoms with van der Waals surface area (Å²) in [5.74, 6) is -2.12. The molecule has 0 aliphatic rings. The lowest BCUT2D eigenvalue weighted by Gasteiger charge is -2.09. The van der Waals surface area contributed by atoms with Gasteiger partial charge in [-0.1, -0.05) is 0 Å². The minimum absolute atomic E-state index is 0.273. The van der Waals surface area contributed by atoms with Crippen LogP contribution in [0.25, 0.3) is 0 Å². The molecule has 1 heterocycles. The van der Waals surface area contributed by atoms with Gasteiger partial charge >= 0.3 is 5.97 Å². The van der Waals surface area contributed by atoms with E-state index in [-0.39, 0.29) is 16.3 Å². The molecule has 1 aromatic heterocycles. The van der Waals surface area contributed by atoms with Gasteiger partial charge in [-0.3, -0.25) is 4.72 Å². The first-order chi connectivity index (χ1) is 9.83. The largest absolute Gasteiger partial charge is 0.478 e. The van der Waals surface area contributed by atoms with Gasteiger partial charge in [0.15, 0.2) is 5.03 Å². The van der Waals surface area contributed by atoms with Gasteiger partial charge in [-0.15, -0.1) is 0 Å². The Morgan fingerprint density at radius 3 is 2.76 bits per heavy atom. The molecular formula is C12H12FN3O4S. The SMILES string of the molecule is CCn1cnc(S(=O)(=O)Nc2cc(F)ccc2C(=O)O)c1. The minimum Gasteiger partial charge on any atom is -0.478 e. The molecule has 0 bridgehead atoms. The van der Waals surface area contributed by atoms with E-state index in [1.165, 1.54) is 17.1 Å². The Hall–Kier alpha value is -2.42. The number of halogens is 1. The summed E-state index contributed by atoms with van der Waals surface area (Å²) in [5.41, 5.74) is -0.705. The molecule has 0 spiro atoms. The number of aromatic carboxylic acids is 1. The maximum atomic E-state index is 13.2. The van der Waals surface area contributed by atoms with E-state index in [9.17, 15) is 17.6 Å². The van der Waals surface area contributed by atoms with Crippen LogP contribution < -0.4 is 4.72 Å². The number of carbonyl (C=O) groups is 1. The minimum atomic E-state index is -4.09. The third kappa shape index (κ3) is 3.19. The zero-order chi connectivity index (χ0) is 15.6. The molecule has 0 amide bonds. The monoisotopic (exact) mass is 313 g/mol.